The molecule has 34 heavy (non-hydrogen) atoms. The van der Waals surface area contributed by atoms with Crippen molar-refractivity contribution in [2.45, 2.75) is 25.5 Å². The van der Waals surface area contributed by atoms with Gasteiger partial charge in [-0.25, -0.2) is 9.19 Å². The van der Waals surface area contributed by atoms with Crippen molar-refractivity contribution in [3.8, 4) is 0 Å². The molecule has 10 heteroatoms. The first-order valence-electron chi connectivity index (χ1n) is 10.6. The van der Waals surface area contributed by atoms with Crippen molar-refractivity contribution in [3.63, 3.8) is 0 Å². The van der Waals surface area contributed by atoms with Crippen LogP contribution in [0.5, 0.6) is 0 Å². The molecule has 0 radical (unpaired) electrons. The molecule has 0 fully saturated rings. The molecule has 174 valence electrons. The van der Waals surface area contributed by atoms with Gasteiger partial charge in [0.15, 0.2) is 16.9 Å². The van der Waals surface area contributed by atoms with Crippen LogP contribution in [0.3, 0.4) is 0 Å². The number of hydrogen-bond donors (Lipinski definition) is 4. The zero-order valence-corrected chi connectivity index (χ0v) is 19.3. The third kappa shape index (κ3) is 6.33. The van der Waals surface area contributed by atoms with Crippen LogP contribution in [0, 0.1) is 6.92 Å². The molecular weight excluding hydrogens is 452 g/mol. The molecule has 4 rings (SSSR count). The minimum Gasteiger partial charge on any atom is -0.322 e. The van der Waals surface area contributed by atoms with E-state index in [0.29, 0.717) is 28.5 Å². The van der Waals surface area contributed by atoms with Gasteiger partial charge in [0, 0.05) is 35.4 Å². The lowest BCUT2D eigenvalue weighted by atomic mass is 10.0. The summed E-state index contributed by atoms with van der Waals surface area (Å²) in [4.78, 5) is 20.9. The summed E-state index contributed by atoms with van der Waals surface area (Å²) in [6.45, 7) is 2.04. The highest BCUT2D eigenvalue weighted by Crippen LogP contribution is 2.20. The Balaban J connectivity index is 1.39. The Morgan fingerprint density at radius 2 is 1.97 bits per heavy atom. The van der Waals surface area contributed by atoms with Gasteiger partial charge in [0.1, 0.15) is 5.82 Å². The van der Waals surface area contributed by atoms with Crippen molar-refractivity contribution in [1.29, 1.82) is 0 Å². The largest absolute Gasteiger partial charge is 0.322 e. The average molecular weight is 477 g/mol. The number of amides is 1. The Labute approximate surface area is 199 Å². The van der Waals surface area contributed by atoms with Gasteiger partial charge < -0.3 is 15.2 Å². The molecule has 0 aliphatic rings. The number of H-pyrrole nitrogens is 1. The summed E-state index contributed by atoms with van der Waals surface area (Å²) in [5, 5.41) is 13.3. The predicted molar refractivity (Wildman–Crippen MR) is 131 cm³/mol. The lowest BCUT2D eigenvalue weighted by Crippen LogP contribution is -2.12. The number of aromatic nitrogens is 4. The van der Waals surface area contributed by atoms with Gasteiger partial charge in [-0.3, -0.25) is 14.9 Å². The van der Waals surface area contributed by atoms with Crippen LogP contribution in [0.4, 0.5) is 17.3 Å². The van der Waals surface area contributed by atoms with E-state index in [2.05, 4.69) is 30.8 Å². The van der Waals surface area contributed by atoms with Gasteiger partial charge in [0.25, 0.3) is 5.91 Å². The maximum atomic E-state index is 12.7. The Morgan fingerprint density at radius 3 is 2.76 bits per heavy atom. The monoisotopic (exact) mass is 476 g/mol. The Kier molecular flexibility index (Phi) is 7.41. The number of carbonyl (C=O) groups is 1. The fraction of sp³-hybridized carbons (Fsp3) is 0.167. The number of aryl methyl sites for hydroxylation is 3. The van der Waals surface area contributed by atoms with Crippen LogP contribution in [-0.4, -0.2) is 34.8 Å². The van der Waals surface area contributed by atoms with Gasteiger partial charge in [-0.1, -0.05) is 18.2 Å². The average Bonchev–Trinajstić information content (AvgIpc) is 3.27. The first-order chi connectivity index (χ1) is 16.5. The normalized spacial score (nSPS) is 11.7. The molecule has 4 aromatic rings. The molecule has 1 unspecified atom stereocenters. The molecule has 4 N–H and O–H groups in total. The lowest BCUT2D eigenvalue weighted by molar-refractivity contribution is 0.102. The molecule has 9 nitrogen and oxygen atoms in total. The van der Waals surface area contributed by atoms with Crippen molar-refractivity contribution in [3.05, 3.63) is 95.1 Å². The van der Waals surface area contributed by atoms with E-state index in [1.54, 1.807) is 42.9 Å². The fourth-order valence-corrected chi connectivity index (χ4v) is 3.95. The van der Waals surface area contributed by atoms with E-state index < -0.39 is 11.1 Å². The number of hydrogen-bond acceptors (Lipinski definition) is 6. The van der Waals surface area contributed by atoms with E-state index in [-0.39, 0.29) is 11.7 Å². The van der Waals surface area contributed by atoms with Crippen molar-refractivity contribution >= 4 is 34.3 Å². The summed E-state index contributed by atoms with van der Waals surface area (Å²) in [6, 6.07) is 14.5. The topological polar surface area (TPSA) is 133 Å². The molecule has 0 aliphatic carbocycles. The fourth-order valence-electron chi connectivity index (χ4n) is 3.48. The zero-order chi connectivity index (χ0) is 23.9. The maximum absolute atomic E-state index is 12.7. The minimum atomic E-state index is -1.96. The number of carbonyl (C=O) groups excluding carboxylic acids is 1. The summed E-state index contributed by atoms with van der Waals surface area (Å²) in [6.07, 6.45) is 6.35. The van der Waals surface area contributed by atoms with Crippen molar-refractivity contribution in [2.75, 3.05) is 10.6 Å². The summed E-state index contributed by atoms with van der Waals surface area (Å²) in [7, 11) is 0. The third-order valence-electron chi connectivity index (χ3n) is 5.20. The molecule has 2 heterocycles. The van der Waals surface area contributed by atoms with Crippen molar-refractivity contribution < 1.29 is 13.6 Å². The van der Waals surface area contributed by atoms with E-state index in [1.165, 1.54) is 0 Å². The third-order valence-corrected chi connectivity index (χ3v) is 5.78. The molecule has 1 amide bonds. The second-order valence-electron chi connectivity index (χ2n) is 7.76. The van der Waals surface area contributed by atoms with E-state index >= 15 is 0 Å². The van der Waals surface area contributed by atoms with E-state index in [4.69, 9.17) is 4.55 Å². The molecule has 0 bridgehead atoms. The molecule has 0 spiro atoms. The van der Waals surface area contributed by atoms with Crippen LogP contribution in [0.15, 0.2) is 67.1 Å². The molecule has 1 atom stereocenters. The highest BCUT2D eigenvalue weighted by atomic mass is 32.2. The zero-order valence-electron chi connectivity index (χ0n) is 18.5. The SMILES string of the molecule is Cc1ccc(NC(=O)c2cccc(CS(=O)O)c2)cc1CCc1cc(Nc2cnccn2)n[nH]1. The summed E-state index contributed by atoms with van der Waals surface area (Å²) >= 11 is -1.96. The maximum Gasteiger partial charge on any atom is 0.255 e. The number of nitrogens with one attached hydrogen (secondary N) is 3. The van der Waals surface area contributed by atoms with Crippen molar-refractivity contribution in [2.24, 2.45) is 0 Å². The number of aromatic amines is 1. The molecule has 2 aromatic heterocycles. The van der Waals surface area contributed by atoms with E-state index in [1.807, 2.05) is 31.2 Å². The van der Waals surface area contributed by atoms with Crippen LogP contribution in [0.2, 0.25) is 0 Å². The van der Waals surface area contributed by atoms with Gasteiger partial charge in [-0.15, -0.1) is 0 Å². The Morgan fingerprint density at radius 1 is 1.09 bits per heavy atom. The number of benzene rings is 2. The summed E-state index contributed by atoms with van der Waals surface area (Å²) < 4.78 is 20.1. The van der Waals surface area contributed by atoms with E-state index in [0.717, 1.165) is 29.7 Å². The van der Waals surface area contributed by atoms with Gasteiger partial charge in [-0.2, -0.15) is 5.10 Å². The molecular formula is C24H24N6O3S. The molecule has 2 aromatic carbocycles. The highest BCUT2D eigenvalue weighted by Gasteiger charge is 2.10. The predicted octanol–water partition coefficient (Wildman–Crippen LogP) is 4.01. The van der Waals surface area contributed by atoms with Crippen LogP contribution < -0.4 is 10.6 Å². The molecule has 0 saturated heterocycles. The van der Waals surface area contributed by atoms with Crippen LogP contribution in [-0.2, 0) is 29.7 Å². The van der Waals surface area contributed by atoms with Gasteiger partial charge in [0.05, 0.1) is 11.9 Å². The molecule has 0 aliphatic heterocycles. The van der Waals surface area contributed by atoms with Crippen molar-refractivity contribution in [1.82, 2.24) is 20.2 Å². The molecule has 0 saturated carbocycles. The van der Waals surface area contributed by atoms with Gasteiger partial charge in [0.2, 0.25) is 0 Å². The minimum absolute atomic E-state index is 0.0145. The second-order valence-corrected chi connectivity index (χ2v) is 8.69. The summed E-state index contributed by atoms with van der Waals surface area (Å²) in [5.74, 6) is 1.00. The standard InChI is InChI=1S/C24H24N6O3S/c1-16-5-7-20(27-24(31)19-4-2-3-17(11-19)15-34(32)33)12-18(16)6-8-21-13-22(30-29-21)28-23-14-25-9-10-26-23/h2-5,7,9-14H,6,8,15H2,1H3,(H,27,31)(H,32,33)(H2,26,28,29,30). The Hall–Kier alpha value is -3.89. The lowest BCUT2D eigenvalue weighted by Gasteiger charge is -2.11. The van der Waals surface area contributed by atoms with E-state index in [9.17, 15) is 9.00 Å². The Bertz CT molecular complexity index is 1310. The van der Waals surface area contributed by atoms with Gasteiger partial charge in [-0.05, 0) is 60.7 Å². The highest BCUT2D eigenvalue weighted by molar-refractivity contribution is 7.78. The second kappa shape index (κ2) is 10.8. The number of rotatable bonds is 9. The smallest absolute Gasteiger partial charge is 0.255 e. The summed E-state index contributed by atoms with van der Waals surface area (Å²) in [5.41, 5.74) is 4.97. The van der Waals surface area contributed by atoms with Crippen LogP contribution in [0.1, 0.15) is 32.7 Å². The van der Waals surface area contributed by atoms with Crippen LogP contribution >= 0.6 is 0 Å². The van der Waals surface area contributed by atoms with Gasteiger partial charge >= 0.3 is 0 Å². The first-order valence-corrected chi connectivity index (χ1v) is 11.9. The number of anilines is 3. The first kappa shape index (κ1) is 23.3. The quantitative estimate of drug-likeness (QED) is 0.268. The number of nitrogens with zero attached hydrogens (tertiary/aromatic N) is 3. The van der Waals surface area contributed by atoms with Crippen LogP contribution in [0.25, 0.3) is 0 Å².